The largest absolute Gasteiger partial charge is 0.303 e. The molecule has 0 aromatic rings. The molecule has 0 aliphatic carbocycles. The van der Waals surface area contributed by atoms with Gasteiger partial charge in [-0.25, -0.2) is 8.42 Å². The first-order valence-electron chi connectivity index (χ1n) is 6.54. The zero-order valence-corrected chi connectivity index (χ0v) is 12.4. The van der Waals surface area contributed by atoms with Crippen molar-refractivity contribution in [3.63, 3.8) is 0 Å². The molecule has 0 aromatic heterocycles. The predicted molar refractivity (Wildman–Crippen MR) is 75.5 cm³/mol. The summed E-state index contributed by atoms with van der Waals surface area (Å²) in [5.41, 5.74) is 0.0555. The Morgan fingerprint density at radius 2 is 1.90 bits per heavy atom. The molecule has 7 heteroatoms. The van der Waals surface area contributed by atoms with E-state index in [9.17, 15) is 22.8 Å². The van der Waals surface area contributed by atoms with Gasteiger partial charge in [0.15, 0.2) is 0 Å². The zero-order valence-electron chi connectivity index (χ0n) is 11.6. The number of ketones is 1. The predicted octanol–water partition coefficient (Wildman–Crippen LogP) is 1.12. The van der Waals surface area contributed by atoms with Crippen molar-refractivity contribution in [3.8, 4) is 0 Å². The van der Waals surface area contributed by atoms with Gasteiger partial charge in [0.2, 0.25) is 10.0 Å². The minimum Gasteiger partial charge on any atom is -0.303 e. The molecule has 0 heterocycles. The number of unbranched alkanes of at least 4 members (excludes halogenated alkanes) is 2. The Morgan fingerprint density at radius 1 is 1.20 bits per heavy atom. The number of allylic oxidation sites excluding steroid dienone is 1. The van der Waals surface area contributed by atoms with Gasteiger partial charge in [0, 0.05) is 31.0 Å². The number of hydrogen-bond acceptors (Lipinski definition) is 5. The Hall–Kier alpha value is -1.50. The minimum absolute atomic E-state index is 0.0113. The summed E-state index contributed by atoms with van der Waals surface area (Å²) in [6.45, 7) is 1.97. The molecule has 0 aliphatic heterocycles. The third kappa shape index (κ3) is 9.43. The molecule has 114 valence electrons. The van der Waals surface area contributed by atoms with Crippen molar-refractivity contribution in [3.05, 3.63) is 11.8 Å². The molecule has 0 atom stereocenters. The summed E-state index contributed by atoms with van der Waals surface area (Å²) in [6.07, 6.45) is 4.37. The summed E-state index contributed by atoms with van der Waals surface area (Å²) < 4.78 is 25.3. The first-order chi connectivity index (χ1) is 9.45. The van der Waals surface area contributed by atoms with Crippen LogP contribution in [0.4, 0.5) is 0 Å². The van der Waals surface area contributed by atoms with Crippen LogP contribution in [0.25, 0.3) is 0 Å². The Kier molecular flexibility index (Phi) is 9.53. The molecule has 20 heavy (non-hydrogen) atoms. The van der Waals surface area contributed by atoms with Crippen LogP contribution in [0.1, 0.15) is 45.4 Å². The van der Waals surface area contributed by atoms with Gasteiger partial charge in [-0.1, -0.05) is 19.8 Å². The van der Waals surface area contributed by atoms with E-state index in [1.807, 2.05) is 6.92 Å². The SMILES string of the molecule is CCCCCS(=O)(=O)NC=C(C=O)CC(=O)CCC=O. The second-order valence-electron chi connectivity index (χ2n) is 4.40. The molecule has 0 aromatic carbocycles. The van der Waals surface area contributed by atoms with E-state index >= 15 is 0 Å². The lowest BCUT2D eigenvalue weighted by Gasteiger charge is -2.04. The third-order valence-corrected chi connectivity index (χ3v) is 3.84. The lowest BCUT2D eigenvalue weighted by Crippen LogP contribution is -2.22. The van der Waals surface area contributed by atoms with Gasteiger partial charge >= 0.3 is 0 Å². The van der Waals surface area contributed by atoms with E-state index in [0.29, 0.717) is 19.0 Å². The average molecular weight is 303 g/mol. The standard InChI is InChI=1S/C13H21NO5S/c1-2-3-4-8-20(18,19)14-10-12(11-16)9-13(17)6-5-7-15/h7,10-11,14H,2-6,8-9H2,1H3. The highest BCUT2D eigenvalue weighted by molar-refractivity contribution is 7.89. The normalized spacial score (nSPS) is 11.9. The molecule has 0 spiro atoms. The van der Waals surface area contributed by atoms with E-state index in [0.717, 1.165) is 19.0 Å². The first-order valence-corrected chi connectivity index (χ1v) is 8.20. The monoisotopic (exact) mass is 303 g/mol. The first kappa shape index (κ1) is 18.5. The van der Waals surface area contributed by atoms with Crippen LogP contribution >= 0.6 is 0 Å². The molecule has 0 aliphatic rings. The van der Waals surface area contributed by atoms with Gasteiger partial charge in [0.1, 0.15) is 18.4 Å². The third-order valence-electron chi connectivity index (χ3n) is 2.53. The van der Waals surface area contributed by atoms with Crippen LogP contribution in [-0.4, -0.2) is 32.5 Å². The summed E-state index contributed by atoms with van der Waals surface area (Å²) in [6, 6.07) is 0. The fourth-order valence-corrected chi connectivity index (χ4v) is 2.46. The quantitative estimate of drug-likeness (QED) is 0.331. The van der Waals surface area contributed by atoms with Gasteiger partial charge in [-0.3, -0.25) is 14.3 Å². The molecule has 0 bridgehead atoms. The Labute approximate surface area is 119 Å². The molecule has 6 nitrogen and oxygen atoms in total. The number of carbonyl (C=O) groups excluding carboxylic acids is 3. The second kappa shape index (κ2) is 10.3. The van der Waals surface area contributed by atoms with Crippen LogP contribution in [0.2, 0.25) is 0 Å². The molecule has 1 N–H and O–H groups in total. The van der Waals surface area contributed by atoms with E-state index in [1.54, 1.807) is 0 Å². The Bertz CT molecular complexity index is 453. The maximum Gasteiger partial charge on any atom is 0.232 e. The van der Waals surface area contributed by atoms with Gasteiger partial charge in [-0.2, -0.15) is 0 Å². The average Bonchev–Trinajstić information content (AvgIpc) is 2.41. The molecule has 0 saturated carbocycles. The minimum atomic E-state index is -3.46. The van der Waals surface area contributed by atoms with Gasteiger partial charge in [-0.15, -0.1) is 0 Å². The smallest absolute Gasteiger partial charge is 0.232 e. The van der Waals surface area contributed by atoms with E-state index < -0.39 is 10.0 Å². The van der Waals surface area contributed by atoms with Crippen molar-refractivity contribution < 1.29 is 22.8 Å². The maximum absolute atomic E-state index is 11.6. The molecule has 0 rings (SSSR count). The number of aldehydes is 2. The highest BCUT2D eigenvalue weighted by Gasteiger charge is 2.09. The van der Waals surface area contributed by atoms with Crippen molar-refractivity contribution in [2.75, 3.05) is 5.75 Å². The summed E-state index contributed by atoms with van der Waals surface area (Å²) in [5.74, 6) is -0.289. The second-order valence-corrected chi connectivity index (χ2v) is 6.28. The van der Waals surface area contributed by atoms with Crippen molar-refractivity contribution in [1.82, 2.24) is 4.72 Å². The number of hydrogen-bond donors (Lipinski definition) is 1. The molecule has 0 amide bonds. The summed E-state index contributed by atoms with van der Waals surface area (Å²) in [5, 5.41) is 0. The molecular weight excluding hydrogens is 282 g/mol. The molecular formula is C13H21NO5S. The maximum atomic E-state index is 11.6. The van der Waals surface area contributed by atoms with E-state index in [-0.39, 0.29) is 36.4 Å². The van der Waals surface area contributed by atoms with E-state index in [2.05, 4.69) is 4.72 Å². The summed E-state index contributed by atoms with van der Waals surface area (Å²) >= 11 is 0. The number of nitrogens with one attached hydrogen (secondary N) is 1. The lowest BCUT2D eigenvalue weighted by molar-refractivity contribution is -0.120. The fraction of sp³-hybridized carbons (Fsp3) is 0.615. The molecule has 0 saturated heterocycles. The van der Waals surface area contributed by atoms with Gasteiger partial charge in [0.25, 0.3) is 0 Å². The Balaban J connectivity index is 4.40. The van der Waals surface area contributed by atoms with Gasteiger partial charge in [0.05, 0.1) is 5.75 Å². The number of carbonyl (C=O) groups is 3. The summed E-state index contributed by atoms with van der Waals surface area (Å²) in [7, 11) is -3.46. The van der Waals surface area contributed by atoms with E-state index in [1.165, 1.54) is 0 Å². The molecule has 0 unspecified atom stereocenters. The van der Waals surface area contributed by atoms with Crippen molar-refractivity contribution in [2.45, 2.75) is 45.4 Å². The number of rotatable bonds is 12. The molecule has 0 radical (unpaired) electrons. The van der Waals surface area contributed by atoms with Crippen LogP contribution < -0.4 is 4.72 Å². The van der Waals surface area contributed by atoms with Gasteiger partial charge in [-0.05, 0) is 6.42 Å². The number of Topliss-reactive ketones (excluding diaryl/α,β-unsaturated/α-hetero) is 1. The highest BCUT2D eigenvalue weighted by Crippen LogP contribution is 2.03. The van der Waals surface area contributed by atoms with Gasteiger partial charge < -0.3 is 4.79 Å². The van der Waals surface area contributed by atoms with E-state index in [4.69, 9.17) is 0 Å². The van der Waals surface area contributed by atoms with Crippen LogP contribution in [0.15, 0.2) is 11.8 Å². The zero-order chi connectivity index (χ0) is 15.4. The lowest BCUT2D eigenvalue weighted by atomic mass is 10.1. The van der Waals surface area contributed by atoms with Crippen LogP contribution in [0, 0.1) is 0 Å². The number of sulfonamides is 1. The van der Waals surface area contributed by atoms with Crippen LogP contribution in [0.5, 0.6) is 0 Å². The van der Waals surface area contributed by atoms with Crippen molar-refractivity contribution >= 4 is 28.4 Å². The topological polar surface area (TPSA) is 97.4 Å². The fourth-order valence-electron chi connectivity index (χ4n) is 1.43. The van der Waals surface area contributed by atoms with Crippen molar-refractivity contribution in [2.24, 2.45) is 0 Å². The summed E-state index contributed by atoms with van der Waals surface area (Å²) in [4.78, 5) is 32.3. The highest BCUT2D eigenvalue weighted by atomic mass is 32.2. The molecule has 0 fully saturated rings. The van der Waals surface area contributed by atoms with Crippen LogP contribution in [-0.2, 0) is 24.4 Å². The Morgan fingerprint density at radius 3 is 2.45 bits per heavy atom. The van der Waals surface area contributed by atoms with Crippen LogP contribution in [0.3, 0.4) is 0 Å². The van der Waals surface area contributed by atoms with Crippen molar-refractivity contribution in [1.29, 1.82) is 0 Å².